The van der Waals surface area contributed by atoms with Crippen LogP contribution in [0.4, 0.5) is 10.1 Å². The molecule has 2 nitrogen and oxygen atoms in total. The molecule has 0 bridgehead atoms. The van der Waals surface area contributed by atoms with E-state index < -0.39 is 0 Å². The highest BCUT2D eigenvalue weighted by Gasteiger charge is 2.37. The van der Waals surface area contributed by atoms with E-state index in [1.807, 2.05) is 6.07 Å². The Morgan fingerprint density at radius 1 is 1.44 bits per heavy atom. The highest BCUT2D eigenvalue weighted by molar-refractivity contribution is 6.31. The number of benzene rings is 1. The molecule has 1 saturated heterocycles. The lowest BCUT2D eigenvalue weighted by atomic mass is 10.1. The van der Waals surface area contributed by atoms with Crippen LogP contribution < -0.4 is 10.2 Å². The Hall–Kier alpha value is -0.800. The molecule has 1 aromatic carbocycles. The molecule has 0 spiro atoms. The van der Waals surface area contributed by atoms with Crippen molar-refractivity contribution in [1.82, 2.24) is 5.32 Å². The number of halogens is 2. The van der Waals surface area contributed by atoms with E-state index in [-0.39, 0.29) is 10.8 Å². The van der Waals surface area contributed by atoms with E-state index in [0.29, 0.717) is 12.1 Å². The molecule has 0 amide bonds. The van der Waals surface area contributed by atoms with Crippen LogP contribution in [0.25, 0.3) is 0 Å². The molecule has 0 radical (unpaired) electrons. The third-order valence-corrected chi connectivity index (χ3v) is 3.85. The molecule has 1 N–H and O–H groups in total. The highest BCUT2D eigenvalue weighted by Crippen LogP contribution is 2.39. The third-order valence-electron chi connectivity index (χ3n) is 3.55. The van der Waals surface area contributed by atoms with Crippen LogP contribution in [-0.4, -0.2) is 25.2 Å². The summed E-state index contributed by atoms with van der Waals surface area (Å²) < 4.78 is 14.1. The number of fused-ring (bicyclic) bond motifs is 3. The Balaban J connectivity index is 2.11. The number of hydrogen-bond donors (Lipinski definition) is 1. The highest BCUT2D eigenvalue weighted by atomic mass is 35.5. The van der Waals surface area contributed by atoms with Crippen LogP contribution in [0, 0.1) is 5.82 Å². The van der Waals surface area contributed by atoms with Gasteiger partial charge in [-0.05, 0) is 25.0 Å². The predicted molar refractivity (Wildman–Crippen MR) is 63.7 cm³/mol. The fourth-order valence-corrected chi connectivity index (χ4v) is 3.02. The van der Waals surface area contributed by atoms with Crippen LogP contribution >= 0.6 is 11.6 Å². The van der Waals surface area contributed by atoms with Gasteiger partial charge in [0.05, 0.1) is 10.7 Å². The Morgan fingerprint density at radius 2 is 2.25 bits per heavy atom. The van der Waals surface area contributed by atoms with Crippen molar-refractivity contribution in [1.29, 1.82) is 0 Å². The van der Waals surface area contributed by atoms with Crippen molar-refractivity contribution in [2.75, 3.05) is 18.0 Å². The molecule has 1 unspecified atom stereocenters. The lowest BCUT2D eigenvalue weighted by Gasteiger charge is -2.38. The van der Waals surface area contributed by atoms with Crippen LogP contribution in [0.1, 0.15) is 12.5 Å². The van der Waals surface area contributed by atoms with Gasteiger partial charge in [-0.3, -0.25) is 0 Å². The summed E-state index contributed by atoms with van der Waals surface area (Å²) in [5.74, 6) is -0.254. The van der Waals surface area contributed by atoms with E-state index >= 15 is 0 Å². The smallest absolute Gasteiger partial charge is 0.165 e. The molecule has 1 aromatic rings. The lowest BCUT2D eigenvalue weighted by Crippen LogP contribution is -2.55. The van der Waals surface area contributed by atoms with Gasteiger partial charge in [-0.2, -0.15) is 0 Å². The first kappa shape index (κ1) is 10.4. The first-order valence-electron chi connectivity index (χ1n) is 5.64. The summed E-state index contributed by atoms with van der Waals surface area (Å²) >= 11 is 5.85. The Morgan fingerprint density at radius 3 is 3.06 bits per heavy atom. The zero-order valence-corrected chi connectivity index (χ0v) is 9.89. The van der Waals surface area contributed by atoms with Gasteiger partial charge < -0.3 is 10.2 Å². The average molecular weight is 241 g/mol. The fraction of sp³-hybridized carbons (Fsp3) is 0.500. The van der Waals surface area contributed by atoms with E-state index in [0.717, 1.165) is 30.8 Å². The second-order valence-electron chi connectivity index (χ2n) is 4.64. The standard InChI is InChI=1S/C12H14ClFN2/c1-7-5-15-6-9-4-8-2-3-10(13)11(14)12(8)16(7)9/h2-3,7,9,15H,4-6H2,1H3/t7?,9-/m1/s1. The van der Waals surface area contributed by atoms with Gasteiger partial charge in [0, 0.05) is 25.2 Å². The van der Waals surface area contributed by atoms with E-state index in [2.05, 4.69) is 17.1 Å². The first-order chi connectivity index (χ1) is 7.68. The summed E-state index contributed by atoms with van der Waals surface area (Å²) in [7, 11) is 0. The quantitative estimate of drug-likeness (QED) is 0.748. The second-order valence-corrected chi connectivity index (χ2v) is 5.05. The van der Waals surface area contributed by atoms with Gasteiger partial charge in [0.25, 0.3) is 0 Å². The predicted octanol–water partition coefficient (Wildman–Crippen LogP) is 2.20. The molecule has 2 atom stereocenters. The molecular formula is C12H14ClFN2. The molecule has 86 valence electrons. The zero-order chi connectivity index (χ0) is 11.3. The summed E-state index contributed by atoms with van der Waals surface area (Å²) in [6, 6.07) is 4.32. The number of piperazine rings is 1. The van der Waals surface area contributed by atoms with Crippen molar-refractivity contribution in [3.63, 3.8) is 0 Å². The van der Waals surface area contributed by atoms with Crippen molar-refractivity contribution in [2.24, 2.45) is 0 Å². The molecule has 1 fully saturated rings. The van der Waals surface area contributed by atoms with E-state index in [1.54, 1.807) is 6.07 Å². The number of rotatable bonds is 0. The fourth-order valence-electron chi connectivity index (χ4n) is 2.87. The maximum Gasteiger partial charge on any atom is 0.165 e. The van der Waals surface area contributed by atoms with E-state index in [4.69, 9.17) is 11.6 Å². The molecule has 3 rings (SSSR count). The largest absolute Gasteiger partial charge is 0.360 e. The number of anilines is 1. The van der Waals surface area contributed by atoms with Gasteiger partial charge in [-0.15, -0.1) is 0 Å². The molecule has 4 heteroatoms. The molecule has 16 heavy (non-hydrogen) atoms. The lowest BCUT2D eigenvalue weighted by molar-refractivity contribution is 0.426. The molecule has 0 saturated carbocycles. The number of nitrogens with one attached hydrogen (secondary N) is 1. The van der Waals surface area contributed by atoms with Gasteiger partial charge in [-0.25, -0.2) is 4.39 Å². The molecule has 2 aliphatic heterocycles. The van der Waals surface area contributed by atoms with E-state index in [1.165, 1.54) is 0 Å². The second kappa shape index (κ2) is 3.60. The number of hydrogen-bond acceptors (Lipinski definition) is 2. The van der Waals surface area contributed by atoms with Crippen LogP contribution in [-0.2, 0) is 6.42 Å². The van der Waals surface area contributed by atoms with Crippen molar-refractivity contribution < 1.29 is 4.39 Å². The monoisotopic (exact) mass is 240 g/mol. The molecule has 2 aliphatic rings. The topological polar surface area (TPSA) is 15.3 Å². The van der Waals surface area contributed by atoms with Gasteiger partial charge in [0.15, 0.2) is 5.82 Å². The molecular weight excluding hydrogens is 227 g/mol. The van der Waals surface area contributed by atoms with Crippen molar-refractivity contribution in [2.45, 2.75) is 25.4 Å². The minimum absolute atomic E-state index is 0.227. The molecule has 0 aliphatic carbocycles. The summed E-state index contributed by atoms with van der Waals surface area (Å²) in [4.78, 5) is 2.19. The molecule has 2 heterocycles. The van der Waals surface area contributed by atoms with Crippen LogP contribution in [0.15, 0.2) is 12.1 Å². The van der Waals surface area contributed by atoms with Crippen molar-refractivity contribution in [3.8, 4) is 0 Å². The normalized spacial score (nSPS) is 27.8. The van der Waals surface area contributed by atoms with Gasteiger partial charge in [-0.1, -0.05) is 17.7 Å². The van der Waals surface area contributed by atoms with E-state index in [9.17, 15) is 4.39 Å². The minimum atomic E-state index is -0.254. The Kier molecular flexibility index (Phi) is 2.33. The van der Waals surface area contributed by atoms with Gasteiger partial charge in [0.2, 0.25) is 0 Å². The SMILES string of the molecule is CC1CNC[C@H]2Cc3ccc(Cl)c(F)c3N12. The average Bonchev–Trinajstić information content (AvgIpc) is 2.64. The summed E-state index contributed by atoms with van der Waals surface area (Å²) in [5.41, 5.74) is 1.81. The Bertz CT molecular complexity index is 435. The van der Waals surface area contributed by atoms with Gasteiger partial charge in [0.1, 0.15) is 0 Å². The van der Waals surface area contributed by atoms with Crippen LogP contribution in [0.2, 0.25) is 5.02 Å². The minimum Gasteiger partial charge on any atom is -0.360 e. The van der Waals surface area contributed by atoms with Crippen molar-refractivity contribution in [3.05, 3.63) is 28.5 Å². The van der Waals surface area contributed by atoms with Crippen LogP contribution in [0.5, 0.6) is 0 Å². The number of nitrogens with zero attached hydrogens (tertiary/aromatic N) is 1. The summed E-state index contributed by atoms with van der Waals surface area (Å²) in [5, 5.41) is 3.60. The third kappa shape index (κ3) is 1.35. The van der Waals surface area contributed by atoms with Crippen LogP contribution in [0.3, 0.4) is 0 Å². The maximum atomic E-state index is 14.1. The van der Waals surface area contributed by atoms with Crippen molar-refractivity contribution >= 4 is 17.3 Å². The zero-order valence-electron chi connectivity index (χ0n) is 9.13. The first-order valence-corrected chi connectivity index (χ1v) is 6.02. The summed E-state index contributed by atoms with van der Waals surface area (Å²) in [6.45, 7) is 3.95. The van der Waals surface area contributed by atoms with Gasteiger partial charge >= 0.3 is 0 Å². The summed E-state index contributed by atoms with van der Waals surface area (Å²) in [6.07, 6.45) is 0.917. The Labute approximate surface area is 99.4 Å². The maximum absolute atomic E-state index is 14.1. The molecule has 0 aromatic heterocycles.